The van der Waals surface area contributed by atoms with Crippen molar-refractivity contribution < 1.29 is 0 Å². The van der Waals surface area contributed by atoms with Gasteiger partial charge in [-0.1, -0.05) is 0 Å². The predicted molar refractivity (Wildman–Crippen MR) is 101 cm³/mol. The topological polar surface area (TPSA) is 40.5 Å². The highest BCUT2D eigenvalue weighted by atomic mass is 127. The SMILES string of the molecule is CN=C(NCc1nc(C)cs1)N1CCSC(C)(C)C1.I. The van der Waals surface area contributed by atoms with Crippen molar-refractivity contribution in [3.8, 4) is 0 Å². The van der Waals surface area contributed by atoms with Gasteiger partial charge in [-0.25, -0.2) is 4.98 Å². The van der Waals surface area contributed by atoms with Crippen LogP contribution >= 0.6 is 47.1 Å². The number of thioether (sulfide) groups is 1. The molecule has 7 heteroatoms. The smallest absolute Gasteiger partial charge is 0.194 e. The van der Waals surface area contributed by atoms with E-state index in [2.05, 4.69) is 39.4 Å². The van der Waals surface area contributed by atoms with E-state index in [1.807, 2.05) is 25.7 Å². The molecule has 114 valence electrons. The van der Waals surface area contributed by atoms with Gasteiger partial charge in [0, 0.05) is 41.7 Å². The van der Waals surface area contributed by atoms with Gasteiger partial charge in [-0.3, -0.25) is 4.99 Å². The van der Waals surface area contributed by atoms with Crippen LogP contribution in [0, 0.1) is 6.92 Å². The maximum absolute atomic E-state index is 4.47. The molecule has 0 saturated carbocycles. The van der Waals surface area contributed by atoms with Crippen molar-refractivity contribution in [2.75, 3.05) is 25.9 Å². The monoisotopic (exact) mass is 426 g/mol. The average Bonchev–Trinajstić information content (AvgIpc) is 2.75. The van der Waals surface area contributed by atoms with E-state index >= 15 is 0 Å². The normalized spacial score (nSPS) is 18.6. The molecule has 0 unspecified atom stereocenters. The third-order valence-corrected chi connectivity index (χ3v) is 5.27. The van der Waals surface area contributed by atoms with Crippen LogP contribution in [0.25, 0.3) is 0 Å². The maximum Gasteiger partial charge on any atom is 0.194 e. The van der Waals surface area contributed by atoms with Gasteiger partial charge in [0.1, 0.15) is 5.01 Å². The minimum absolute atomic E-state index is 0. The van der Waals surface area contributed by atoms with Crippen LogP contribution in [0.2, 0.25) is 0 Å². The molecule has 1 aromatic rings. The first kappa shape index (κ1) is 18.0. The third kappa shape index (κ3) is 5.07. The Labute approximate surface area is 146 Å². The number of thiazole rings is 1. The number of nitrogens with one attached hydrogen (secondary N) is 1. The summed E-state index contributed by atoms with van der Waals surface area (Å²) in [5.41, 5.74) is 1.09. The lowest BCUT2D eigenvalue weighted by Crippen LogP contribution is -2.50. The molecule has 1 N–H and O–H groups in total. The molecule has 0 spiro atoms. The Hall–Kier alpha value is -0.0200. The molecular formula is C13H23IN4S2. The molecule has 1 aliphatic heterocycles. The van der Waals surface area contributed by atoms with E-state index in [4.69, 9.17) is 0 Å². The maximum atomic E-state index is 4.47. The summed E-state index contributed by atoms with van der Waals surface area (Å²) in [6.07, 6.45) is 0. The van der Waals surface area contributed by atoms with Crippen LogP contribution in [0.1, 0.15) is 24.5 Å². The van der Waals surface area contributed by atoms with Crippen LogP contribution in [0.15, 0.2) is 10.4 Å². The molecule has 2 heterocycles. The van der Waals surface area contributed by atoms with E-state index < -0.39 is 0 Å². The van der Waals surface area contributed by atoms with E-state index in [0.29, 0.717) is 4.75 Å². The summed E-state index contributed by atoms with van der Waals surface area (Å²) in [5.74, 6) is 2.14. The Morgan fingerprint density at radius 1 is 1.55 bits per heavy atom. The summed E-state index contributed by atoms with van der Waals surface area (Å²) < 4.78 is 0.299. The number of nitrogens with zero attached hydrogens (tertiary/aromatic N) is 3. The van der Waals surface area contributed by atoms with Crippen molar-refractivity contribution in [3.05, 3.63) is 16.1 Å². The molecule has 0 amide bonds. The lowest BCUT2D eigenvalue weighted by atomic mass is 10.2. The molecule has 1 aliphatic rings. The highest BCUT2D eigenvalue weighted by molar-refractivity contribution is 14.0. The fraction of sp³-hybridized carbons (Fsp3) is 0.692. The number of aryl methyl sites for hydroxylation is 1. The fourth-order valence-electron chi connectivity index (χ4n) is 2.17. The number of halogens is 1. The summed E-state index contributed by atoms with van der Waals surface area (Å²) in [4.78, 5) is 11.2. The zero-order valence-corrected chi connectivity index (χ0v) is 16.4. The lowest BCUT2D eigenvalue weighted by molar-refractivity contribution is 0.375. The average molecular weight is 426 g/mol. The highest BCUT2D eigenvalue weighted by Crippen LogP contribution is 2.29. The van der Waals surface area contributed by atoms with Gasteiger partial charge in [0.05, 0.1) is 6.54 Å². The van der Waals surface area contributed by atoms with Crippen LogP contribution in [-0.2, 0) is 6.54 Å². The molecule has 20 heavy (non-hydrogen) atoms. The second-order valence-corrected chi connectivity index (χ2v) is 8.06. The molecule has 2 rings (SSSR count). The summed E-state index contributed by atoms with van der Waals surface area (Å²) >= 11 is 3.73. The quantitative estimate of drug-likeness (QED) is 0.449. The van der Waals surface area contributed by atoms with Crippen molar-refractivity contribution in [1.29, 1.82) is 0 Å². The van der Waals surface area contributed by atoms with Crippen molar-refractivity contribution >= 4 is 53.0 Å². The molecule has 0 aromatic carbocycles. The van der Waals surface area contributed by atoms with Gasteiger partial charge in [-0.15, -0.1) is 35.3 Å². The van der Waals surface area contributed by atoms with Gasteiger partial charge >= 0.3 is 0 Å². The standard InChI is InChI=1S/C13H22N4S2.HI/c1-10-8-18-11(16-10)7-15-12(14-4)17-5-6-19-13(2,3)9-17;/h8H,5-7,9H2,1-4H3,(H,14,15);1H. The van der Waals surface area contributed by atoms with Crippen LogP contribution in [-0.4, -0.2) is 46.5 Å². The Kier molecular flexibility index (Phi) is 7.07. The number of aliphatic imine (C=N–C) groups is 1. The van der Waals surface area contributed by atoms with Crippen LogP contribution in [0.5, 0.6) is 0 Å². The molecule has 1 fully saturated rings. The minimum Gasteiger partial charge on any atom is -0.350 e. The lowest BCUT2D eigenvalue weighted by Gasteiger charge is -2.39. The molecule has 0 radical (unpaired) electrons. The first-order chi connectivity index (χ1) is 9.00. The zero-order valence-electron chi connectivity index (χ0n) is 12.5. The van der Waals surface area contributed by atoms with Crippen LogP contribution in [0.3, 0.4) is 0 Å². The second kappa shape index (κ2) is 7.84. The largest absolute Gasteiger partial charge is 0.350 e. The van der Waals surface area contributed by atoms with Gasteiger partial charge < -0.3 is 10.2 Å². The van der Waals surface area contributed by atoms with Gasteiger partial charge in [0.25, 0.3) is 0 Å². The molecule has 4 nitrogen and oxygen atoms in total. The molecule has 0 atom stereocenters. The number of hydrogen-bond donors (Lipinski definition) is 1. The van der Waals surface area contributed by atoms with Crippen molar-refractivity contribution in [1.82, 2.24) is 15.2 Å². The van der Waals surface area contributed by atoms with E-state index in [-0.39, 0.29) is 24.0 Å². The summed E-state index contributed by atoms with van der Waals surface area (Å²) in [5, 5.41) is 6.62. The van der Waals surface area contributed by atoms with E-state index in [1.165, 1.54) is 0 Å². The van der Waals surface area contributed by atoms with Gasteiger partial charge in [0.2, 0.25) is 0 Å². The fourth-order valence-corrected chi connectivity index (χ4v) is 3.99. The number of hydrogen-bond acceptors (Lipinski definition) is 4. The van der Waals surface area contributed by atoms with Crippen LogP contribution < -0.4 is 5.32 Å². The first-order valence-electron chi connectivity index (χ1n) is 6.51. The van der Waals surface area contributed by atoms with E-state index in [9.17, 15) is 0 Å². The Balaban J connectivity index is 0.00000200. The number of aromatic nitrogens is 1. The van der Waals surface area contributed by atoms with Crippen molar-refractivity contribution in [2.24, 2.45) is 4.99 Å². The summed E-state index contributed by atoms with van der Waals surface area (Å²) in [6, 6.07) is 0. The molecule has 0 bridgehead atoms. The third-order valence-electron chi connectivity index (χ3n) is 3.00. The van der Waals surface area contributed by atoms with E-state index in [1.54, 1.807) is 11.3 Å². The number of guanidine groups is 1. The van der Waals surface area contributed by atoms with Crippen molar-refractivity contribution in [3.63, 3.8) is 0 Å². The molecule has 1 aromatic heterocycles. The Morgan fingerprint density at radius 3 is 2.85 bits per heavy atom. The molecule has 1 saturated heterocycles. The Morgan fingerprint density at radius 2 is 2.30 bits per heavy atom. The molecule has 0 aliphatic carbocycles. The minimum atomic E-state index is 0. The van der Waals surface area contributed by atoms with Gasteiger partial charge in [-0.05, 0) is 20.8 Å². The van der Waals surface area contributed by atoms with Crippen molar-refractivity contribution in [2.45, 2.75) is 32.1 Å². The summed E-state index contributed by atoms with van der Waals surface area (Å²) in [7, 11) is 1.85. The van der Waals surface area contributed by atoms with Gasteiger partial charge in [-0.2, -0.15) is 11.8 Å². The second-order valence-electron chi connectivity index (χ2n) is 5.31. The molecular weight excluding hydrogens is 403 g/mol. The summed E-state index contributed by atoms with van der Waals surface area (Å²) in [6.45, 7) is 9.47. The first-order valence-corrected chi connectivity index (χ1v) is 8.37. The highest BCUT2D eigenvalue weighted by Gasteiger charge is 2.28. The predicted octanol–water partition coefficient (Wildman–Crippen LogP) is 2.97. The number of rotatable bonds is 2. The van der Waals surface area contributed by atoms with Crippen LogP contribution in [0.4, 0.5) is 0 Å². The Bertz CT molecular complexity index is 459. The van der Waals surface area contributed by atoms with Gasteiger partial charge in [0.15, 0.2) is 5.96 Å². The zero-order chi connectivity index (χ0) is 13.9. The van der Waals surface area contributed by atoms with E-state index in [0.717, 1.165) is 42.0 Å².